The van der Waals surface area contributed by atoms with Crippen molar-refractivity contribution in [3.05, 3.63) is 45.8 Å². The smallest absolute Gasteiger partial charge is 0.138 e. The van der Waals surface area contributed by atoms with Crippen LogP contribution in [0.4, 0.5) is 5.69 Å². The van der Waals surface area contributed by atoms with Gasteiger partial charge in [0.15, 0.2) is 0 Å². The Morgan fingerprint density at radius 3 is 2.71 bits per heavy atom. The Morgan fingerprint density at radius 2 is 2.06 bits per heavy atom. The maximum atomic E-state index is 6.07. The zero-order chi connectivity index (χ0) is 12.4. The Morgan fingerprint density at radius 1 is 1.29 bits per heavy atom. The summed E-state index contributed by atoms with van der Waals surface area (Å²) < 4.78 is 5.12. The van der Waals surface area contributed by atoms with E-state index in [4.69, 9.17) is 16.1 Å². The van der Waals surface area contributed by atoms with Gasteiger partial charge in [-0.1, -0.05) is 22.8 Å². The van der Waals surface area contributed by atoms with Gasteiger partial charge >= 0.3 is 0 Å². The maximum Gasteiger partial charge on any atom is 0.138 e. The van der Waals surface area contributed by atoms with E-state index >= 15 is 0 Å². The molecule has 3 nitrogen and oxygen atoms in total. The minimum absolute atomic E-state index is 0.697. The van der Waals surface area contributed by atoms with E-state index in [0.717, 1.165) is 33.3 Å². The third-order valence-corrected chi connectivity index (χ3v) is 3.31. The van der Waals surface area contributed by atoms with Crippen LogP contribution in [0.1, 0.15) is 22.6 Å². The van der Waals surface area contributed by atoms with Gasteiger partial charge in [0.1, 0.15) is 5.76 Å². The highest BCUT2D eigenvalue weighted by Crippen LogP contribution is 2.24. The fourth-order valence-corrected chi connectivity index (χ4v) is 1.91. The number of nitrogens with zero attached hydrogens (tertiary/aromatic N) is 1. The molecule has 0 bridgehead atoms. The molecule has 0 aliphatic rings. The number of hydrogen-bond acceptors (Lipinski definition) is 3. The Bertz CT molecular complexity index is 515. The maximum absolute atomic E-state index is 6.07. The fourth-order valence-electron chi connectivity index (χ4n) is 1.74. The molecule has 2 rings (SSSR count). The average molecular weight is 251 g/mol. The molecule has 2 aromatic rings. The van der Waals surface area contributed by atoms with Crippen LogP contribution < -0.4 is 5.32 Å². The zero-order valence-electron chi connectivity index (χ0n) is 10.2. The van der Waals surface area contributed by atoms with Gasteiger partial charge in [-0.3, -0.25) is 0 Å². The molecule has 1 heterocycles. The molecule has 0 atom stereocenters. The van der Waals surface area contributed by atoms with Crippen LogP contribution in [0.15, 0.2) is 22.7 Å². The summed E-state index contributed by atoms with van der Waals surface area (Å²) in [6.07, 6.45) is 0. The van der Waals surface area contributed by atoms with Crippen LogP contribution in [0.5, 0.6) is 0 Å². The second-order valence-electron chi connectivity index (χ2n) is 4.07. The molecular formula is C13H15ClN2O. The number of rotatable bonds is 3. The standard InChI is InChI=1S/C13H15ClN2O/c1-8-12(14)5-4-6-13(8)15-7-11-9(2)16-17-10(11)3/h4-6,15H,7H2,1-3H3. The second kappa shape index (κ2) is 4.80. The zero-order valence-corrected chi connectivity index (χ0v) is 10.9. The first-order valence-electron chi connectivity index (χ1n) is 5.50. The Balaban J connectivity index is 2.15. The van der Waals surface area contributed by atoms with Gasteiger partial charge < -0.3 is 9.84 Å². The molecule has 1 aromatic heterocycles. The largest absolute Gasteiger partial charge is 0.381 e. The van der Waals surface area contributed by atoms with E-state index in [1.54, 1.807) is 0 Å². The monoisotopic (exact) mass is 250 g/mol. The number of aryl methyl sites for hydroxylation is 2. The van der Waals surface area contributed by atoms with Crippen LogP contribution in [0.2, 0.25) is 5.02 Å². The SMILES string of the molecule is Cc1noc(C)c1CNc1cccc(Cl)c1C. The minimum atomic E-state index is 0.697. The van der Waals surface area contributed by atoms with Crippen molar-refractivity contribution in [3.63, 3.8) is 0 Å². The number of hydrogen-bond donors (Lipinski definition) is 1. The van der Waals surface area contributed by atoms with E-state index in [1.165, 1.54) is 0 Å². The summed E-state index contributed by atoms with van der Waals surface area (Å²) in [7, 11) is 0. The Hall–Kier alpha value is -1.48. The van der Waals surface area contributed by atoms with E-state index in [0.29, 0.717) is 6.54 Å². The summed E-state index contributed by atoms with van der Waals surface area (Å²) in [5.74, 6) is 0.856. The molecule has 0 spiro atoms. The van der Waals surface area contributed by atoms with E-state index in [9.17, 15) is 0 Å². The lowest BCUT2D eigenvalue weighted by atomic mass is 10.1. The summed E-state index contributed by atoms with van der Waals surface area (Å²) in [6.45, 7) is 6.56. The Labute approximate surface area is 106 Å². The van der Waals surface area contributed by atoms with Crippen molar-refractivity contribution >= 4 is 17.3 Å². The highest BCUT2D eigenvalue weighted by molar-refractivity contribution is 6.31. The van der Waals surface area contributed by atoms with Crippen LogP contribution in [0.3, 0.4) is 0 Å². The van der Waals surface area contributed by atoms with Gasteiger partial charge in [0.2, 0.25) is 0 Å². The lowest BCUT2D eigenvalue weighted by Gasteiger charge is -2.10. The van der Waals surface area contributed by atoms with Gasteiger partial charge in [-0.15, -0.1) is 0 Å². The van der Waals surface area contributed by atoms with Gasteiger partial charge in [0.05, 0.1) is 5.69 Å². The predicted octanol–water partition coefficient (Wildman–Crippen LogP) is 3.87. The van der Waals surface area contributed by atoms with Crippen LogP contribution in [0.25, 0.3) is 0 Å². The number of nitrogens with one attached hydrogen (secondary N) is 1. The topological polar surface area (TPSA) is 38.1 Å². The summed E-state index contributed by atoms with van der Waals surface area (Å²) in [4.78, 5) is 0. The van der Waals surface area contributed by atoms with Gasteiger partial charge in [-0.2, -0.15) is 0 Å². The molecule has 1 N–H and O–H groups in total. The van der Waals surface area contributed by atoms with Crippen LogP contribution in [0, 0.1) is 20.8 Å². The van der Waals surface area contributed by atoms with Crippen molar-refractivity contribution in [2.45, 2.75) is 27.3 Å². The summed E-state index contributed by atoms with van der Waals surface area (Å²) >= 11 is 6.07. The summed E-state index contributed by atoms with van der Waals surface area (Å²) in [5.41, 5.74) is 4.12. The first-order valence-corrected chi connectivity index (χ1v) is 5.88. The molecule has 0 aliphatic carbocycles. The number of benzene rings is 1. The van der Waals surface area contributed by atoms with Gasteiger partial charge in [-0.05, 0) is 38.5 Å². The second-order valence-corrected chi connectivity index (χ2v) is 4.48. The summed E-state index contributed by atoms with van der Waals surface area (Å²) in [5, 5.41) is 8.05. The van der Waals surface area contributed by atoms with E-state index in [-0.39, 0.29) is 0 Å². The Kier molecular flexibility index (Phi) is 3.38. The molecule has 0 saturated carbocycles. The fraction of sp³-hybridized carbons (Fsp3) is 0.308. The first-order chi connectivity index (χ1) is 8.09. The number of anilines is 1. The van der Waals surface area contributed by atoms with Gasteiger partial charge in [0.25, 0.3) is 0 Å². The van der Waals surface area contributed by atoms with Gasteiger partial charge in [-0.25, -0.2) is 0 Å². The third kappa shape index (κ3) is 2.44. The van der Waals surface area contributed by atoms with Crippen molar-refractivity contribution in [2.24, 2.45) is 0 Å². The third-order valence-electron chi connectivity index (χ3n) is 2.90. The molecule has 0 amide bonds. The lowest BCUT2D eigenvalue weighted by molar-refractivity contribution is 0.392. The molecule has 1 aromatic carbocycles. The van der Waals surface area contributed by atoms with Crippen molar-refractivity contribution in [2.75, 3.05) is 5.32 Å². The molecule has 0 aliphatic heterocycles. The van der Waals surface area contributed by atoms with E-state index < -0.39 is 0 Å². The number of halogens is 1. The van der Waals surface area contributed by atoms with E-state index in [1.807, 2.05) is 39.0 Å². The molecule has 90 valence electrons. The molecule has 0 unspecified atom stereocenters. The quantitative estimate of drug-likeness (QED) is 0.899. The van der Waals surface area contributed by atoms with Crippen molar-refractivity contribution in [3.8, 4) is 0 Å². The predicted molar refractivity (Wildman–Crippen MR) is 69.5 cm³/mol. The normalized spacial score (nSPS) is 10.6. The molecule has 17 heavy (non-hydrogen) atoms. The summed E-state index contributed by atoms with van der Waals surface area (Å²) in [6, 6.07) is 5.84. The van der Waals surface area contributed by atoms with Crippen molar-refractivity contribution in [1.29, 1.82) is 0 Å². The van der Waals surface area contributed by atoms with Crippen LogP contribution in [-0.2, 0) is 6.54 Å². The van der Waals surface area contributed by atoms with E-state index in [2.05, 4.69) is 10.5 Å². The first kappa shape index (κ1) is 12.0. The molecule has 0 radical (unpaired) electrons. The molecule has 4 heteroatoms. The van der Waals surface area contributed by atoms with Crippen molar-refractivity contribution < 1.29 is 4.52 Å². The highest BCUT2D eigenvalue weighted by Gasteiger charge is 2.09. The molecule has 0 fully saturated rings. The van der Waals surface area contributed by atoms with Crippen LogP contribution >= 0.6 is 11.6 Å². The van der Waals surface area contributed by atoms with Crippen molar-refractivity contribution in [1.82, 2.24) is 5.16 Å². The average Bonchev–Trinajstić information content (AvgIpc) is 2.62. The molecular weight excluding hydrogens is 236 g/mol. The minimum Gasteiger partial charge on any atom is -0.381 e. The molecule has 0 saturated heterocycles. The lowest BCUT2D eigenvalue weighted by Crippen LogP contribution is -2.02. The van der Waals surface area contributed by atoms with Crippen LogP contribution in [-0.4, -0.2) is 5.16 Å². The van der Waals surface area contributed by atoms with Gasteiger partial charge in [0, 0.05) is 22.8 Å². The highest BCUT2D eigenvalue weighted by atomic mass is 35.5. The number of aromatic nitrogens is 1.